The lowest BCUT2D eigenvalue weighted by atomic mass is 9.91. The van der Waals surface area contributed by atoms with Gasteiger partial charge in [0.05, 0.1) is 24.6 Å². The van der Waals surface area contributed by atoms with Crippen LogP contribution in [0, 0.1) is 0 Å². The average molecular weight is 298 g/mol. The fourth-order valence-electron chi connectivity index (χ4n) is 2.89. The van der Waals surface area contributed by atoms with Gasteiger partial charge in [0, 0.05) is 11.3 Å². The quantitative estimate of drug-likeness (QED) is 0.905. The average Bonchev–Trinajstić information content (AvgIpc) is 2.55. The summed E-state index contributed by atoms with van der Waals surface area (Å²) in [5.74, 6) is -0.238. The molecule has 1 aromatic carbocycles. The standard InChI is InChI=1S/C17H18N2O3/c1-22-16-14-8-3-2-7-13(14)15(10-18-16)19-12-6-4-5-11(9-12)17(20)21/h4-6,9-10,19H,2-3,7-8H2,1H3,(H,20,21). The fraction of sp³-hybridized carbons (Fsp3) is 0.294. The second-order valence-electron chi connectivity index (χ2n) is 5.36. The number of benzene rings is 1. The van der Waals surface area contributed by atoms with Gasteiger partial charge in [-0.1, -0.05) is 6.07 Å². The maximum Gasteiger partial charge on any atom is 0.335 e. The molecule has 0 fully saturated rings. The molecular weight excluding hydrogens is 280 g/mol. The molecule has 1 heterocycles. The first kappa shape index (κ1) is 14.4. The second kappa shape index (κ2) is 6.05. The molecule has 114 valence electrons. The van der Waals surface area contributed by atoms with Crippen molar-refractivity contribution in [3.63, 3.8) is 0 Å². The smallest absolute Gasteiger partial charge is 0.335 e. The Kier molecular flexibility index (Phi) is 3.96. The topological polar surface area (TPSA) is 71.5 Å². The molecule has 5 heteroatoms. The van der Waals surface area contributed by atoms with E-state index >= 15 is 0 Å². The SMILES string of the molecule is COc1ncc(Nc2cccc(C(=O)O)c2)c2c1CCCC2. The monoisotopic (exact) mass is 298 g/mol. The number of hydrogen-bond acceptors (Lipinski definition) is 4. The Morgan fingerprint density at radius 1 is 1.27 bits per heavy atom. The Bertz CT molecular complexity index is 713. The van der Waals surface area contributed by atoms with Crippen LogP contribution in [0.15, 0.2) is 30.5 Å². The van der Waals surface area contributed by atoms with E-state index in [4.69, 9.17) is 9.84 Å². The number of methoxy groups -OCH3 is 1. The van der Waals surface area contributed by atoms with Crippen LogP contribution in [0.4, 0.5) is 11.4 Å². The molecule has 3 rings (SSSR count). The van der Waals surface area contributed by atoms with E-state index in [1.165, 1.54) is 5.56 Å². The number of nitrogens with one attached hydrogen (secondary N) is 1. The zero-order chi connectivity index (χ0) is 15.5. The summed E-state index contributed by atoms with van der Waals surface area (Å²) in [7, 11) is 1.64. The molecule has 1 aliphatic rings. The van der Waals surface area contributed by atoms with E-state index < -0.39 is 5.97 Å². The lowest BCUT2D eigenvalue weighted by Crippen LogP contribution is -2.10. The van der Waals surface area contributed by atoms with Gasteiger partial charge in [0.15, 0.2) is 0 Å². The van der Waals surface area contributed by atoms with Gasteiger partial charge in [0.2, 0.25) is 5.88 Å². The number of carbonyl (C=O) groups is 1. The van der Waals surface area contributed by atoms with Gasteiger partial charge in [-0.25, -0.2) is 9.78 Å². The molecule has 0 bridgehead atoms. The summed E-state index contributed by atoms with van der Waals surface area (Å²) in [5, 5.41) is 12.4. The lowest BCUT2D eigenvalue weighted by Gasteiger charge is -2.21. The maximum absolute atomic E-state index is 11.1. The number of ether oxygens (including phenoxy) is 1. The predicted molar refractivity (Wildman–Crippen MR) is 84.1 cm³/mol. The number of carboxylic acids is 1. The summed E-state index contributed by atoms with van der Waals surface area (Å²) in [5.41, 5.74) is 4.32. The Hall–Kier alpha value is -2.56. The van der Waals surface area contributed by atoms with E-state index in [9.17, 15) is 4.79 Å². The van der Waals surface area contributed by atoms with Crippen molar-refractivity contribution in [2.24, 2.45) is 0 Å². The predicted octanol–water partition coefficient (Wildman–Crippen LogP) is 3.41. The van der Waals surface area contributed by atoms with Gasteiger partial charge in [0.25, 0.3) is 0 Å². The summed E-state index contributed by atoms with van der Waals surface area (Å²) in [6, 6.07) is 6.79. The number of rotatable bonds is 4. The third kappa shape index (κ3) is 2.74. The molecule has 0 aliphatic heterocycles. The van der Waals surface area contributed by atoms with Gasteiger partial charge >= 0.3 is 5.97 Å². The highest BCUT2D eigenvalue weighted by atomic mass is 16.5. The maximum atomic E-state index is 11.1. The molecule has 1 aliphatic carbocycles. The van der Waals surface area contributed by atoms with Gasteiger partial charge < -0.3 is 15.2 Å². The number of aromatic carboxylic acids is 1. The van der Waals surface area contributed by atoms with Crippen molar-refractivity contribution in [3.8, 4) is 5.88 Å². The summed E-state index contributed by atoms with van der Waals surface area (Å²) in [6.45, 7) is 0. The van der Waals surface area contributed by atoms with E-state index in [0.29, 0.717) is 5.88 Å². The molecule has 0 saturated carbocycles. The van der Waals surface area contributed by atoms with Crippen LogP contribution in [0.25, 0.3) is 0 Å². The summed E-state index contributed by atoms with van der Waals surface area (Å²) in [6.07, 6.45) is 5.99. The summed E-state index contributed by atoms with van der Waals surface area (Å²) < 4.78 is 5.35. The van der Waals surface area contributed by atoms with Crippen molar-refractivity contribution in [2.75, 3.05) is 12.4 Å². The molecule has 22 heavy (non-hydrogen) atoms. The largest absolute Gasteiger partial charge is 0.481 e. The van der Waals surface area contributed by atoms with Crippen LogP contribution in [0.1, 0.15) is 34.3 Å². The highest BCUT2D eigenvalue weighted by Gasteiger charge is 2.19. The van der Waals surface area contributed by atoms with Crippen molar-refractivity contribution in [3.05, 3.63) is 47.2 Å². The number of pyridine rings is 1. The second-order valence-corrected chi connectivity index (χ2v) is 5.36. The highest BCUT2D eigenvalue weighted by Crippen LogP contribution is 2.34. The minimum Gasteiger partial charge on any atom is -0.481 e. The van der Waals surface area contributed by atoms with Crippen LogP contribution in [0.2, 0.25) is 0 Å². The van der Waals surface area contributed by atoms with Crippen molar-refractivity contribution in [1.29, 1.82) is 0 Å². The molecule has 2 N–H and O–H groups in total. The van der Waals surface area contributed by atoms with Crippen LogP contribution in [0.3, 0.4) is 0 Å². The van der Waals surface area contributed by atoms with Crippen molar-refractivity contribution < 1.29 is 14.6 Å². The van der Waals surface area contributed by atoms with Crippen molar-refractivity contribution in [1.82, 2.24) is 4.98 Å². The zero-order valence-corrected chi connectivity index (χ0v) is 12.4. The van der Waals surface area contributed by atoms with Gasteiger partial charge in [-0.3, -0.25) is 0 Å². The molecule has 0 spiro atoms. The first-order chi connectivity index (χ1) is 10.7. The number of nitrogens with zero attached hydrogens (tertiary/aromatic N) is 1. The Balaban J connectivity index is 1.96. The van der Waals surface area contributed by atoms with E-state index in [-0.39, 0.29) is 5.56 Å². The third-order valence-electron chi connectivity index (χ3n) is 3.94. The Labute approximate surface area is 129 Å². The molecule has 0 radical (unpaired) electrons. The number of aromatic nitrogens is 1. The van der Waals surface area contributed by atoms with Crippen LogP contribution < -0.4 is 10.1 Å². The van der Waals surface area contributed by atoms with Crippen LogP contribution in [-0.4, -0.2) is 23.2 Å². The van der Waals surface area contributed by atoms with Gasteiger partial charge in [0.1, 0.15) is 0 Å². The summed E-state index contributed by atoms with van der Waals surface area (Å²) in [4.78, 5) is 15.4. The van der Waals surface area contributed by atoms with Gasteiger partial charge in [-0.15, -0.1) is 0 Å². The molecule has 5 nitrogen and oxygen atoms in total. The first-order valence-electron chi connectivity index (χ1n) is 7.34. The van der Waals surface area contributed by atoms with E-state index in [1.807, 2.05) is 6.07 Å². The molecule has 0 atom stereocenters. The molecule has 0 unspecified atom stereocenters. The number of fused-ring (bicyclic) bond motifs is 1. The Morgan fingerprint density at radius 3 is 2.77 bits per heavy atom. The van der Waals surface area contributed by atoms with E-state index in [0.717, 1.165) is 42.6 Å². The van der Waals surface area contributed by atoms with E-state index in [2.05, 4.69) is 10.3 Å². The number of hydrogen-bond donors (Lipinski definition) is 2. The van der Waals surface area contributed by atoms with Gasteiger partial charge in [-0.2, -0.15) is 0 Å². The minimum absolute atomic E-state index is 0.264. The Morgan fingerprint density at radius 2 is 2.05 bits per heavy atom. The molecule has 0 amide bonds. The van der Waals surface area contributed by atoms with Gasteiger partial charge in [-0.05, 0) is 49.4 Å². The molecule has 2 aromatic rings. The molecular formula is C17H18N2O3. The fourth-order valence-corrected chi connectivity index (χ4v) is 2.89. The summed E-state index contributed by atoms with van der Waals surface area (Å²) >= 11 is 0. The van der Waals surface area contributed by atoms with Crippen LogP contribution >= 0.6 is 0 Å². The number of anilines is 2. The van der Waals surface area contributed by atoms with Crippen LogP contribution in [-0.2, 0) is 12.8 Å². The zero-order valence-electron chi connectivity index (χ0n) is 12.4. The highest BCUT2D eigenvalue weighted by molar-refractivity contribution is 5.89. The normalized spacial score (nSPS) is 13.3. The lowest BCUT2D eigenvalue weighted by molar-refractivity contribution is 0.0697. The molecule has 0 saturated heterocycles. The first-order valence-corrected chi connectivity index (χ1v) is 7.34. The van der Waals surface area contributed by atoms with Crippen molar-refractivity contribution >= 4 is 17.3 Å². The third-order valence-corrected chi connectivity index (χ3v) is 3.94. The van der Waals surface area contributed by atoms with Crippen LogP contribution in [0.5, 0.6) is 5.88 Å². The molecule has 1 aromatic heterocycles. The number of carboxylic acid groups (broad SMARTS) is 1. The van der Waals surface area contributed by atoms with E-state index in [1.54, 1.807) is 31.5 Å². The van der Waals surface area contributed by atoms with Crippen molar-refractivity contribution in [2.45, 2.75) is 25.7 Å². The minimum atomic E-state index is -0.932.